The van der Waals surface area contributed by atoms with Crippen molar-refractivity contribution in [2.45, 2.75) is 6.92 Å². The summed E-state index contributed by atoms with van der Waals surface area (Å²) in [6.07, 6.45) is 0. The average molecular weight is 350 g/mol. The second-order valence-electron chi connectivity index (χ2n) is 5.01. The van der Waals surface area contributed by atoms with Gasteiger partial charge in [0.1, 0.15) is 17.0 Å². The van der Waals surface area contributed by atoms with Crippen LogP contribution in [-0.2, 0) is 0 Å². The van der Waals surface area contributed by atoms with Crippen LogP contribution < -0.4 is 5.32 Å². The maximum atomic E-state index is 12.7. The Bertz CT molecular complexity index is 663. The Morgan fingerprint density at radius 3 is 2.86 bits per heavy atom. The second-order valence-corrected chi connectivity index (χ2v) is 5.93. The van der Waals surface area contributed by atoms with Crippen LogP contribution in [0.1, 0.15) is 16.1 Å². The molecule has 0 aliphatic carbocycles. The lowest BCUT2D eigenvalue weighted by molar-refractivity contribution is 0.0734. The van der Waals surface area contributed by atoms with Crippen molar-refractivity contribution < 1.29 is 9.32 Å². The number of amides is 1. The van der Waals surface area contributed by atoms with E-state index in [9.17, 15) is 4.79 Å². The smallest absolute Gasteiger partial charge is 0.259 e. The first-order chi connectivity index (χ1) is 10.2. The van der Waals surface area contributed by atoms with Crippen LogP contribution in [0.15, 0.2) is 33.3 Å². The summed E-state index contributed by atoms with van der Waals surface area (Å²) < 4.78 is 6.22. The van der Waals surface area contributed by atoms with Gasteiger partial charge in [-0.3, -0.25) is 4.79 Å². The molecule has 0 spiro atoms. The van der Waals surface area contributed by atoms with Gasteiger partial charge in [0, 0.05) is 36.2 Å². The number of hydrogen-bond acceptors (Lipinski definition) is 4. The molecule has 0 bridgehead atoms. The molecule has 5 nitrogen and oxygen atoms in total. The zero-order valence-electron chi connectivity index (χ0n) is 11.7. The van der Waals surface area contributed by atoms with Crippen molar-refractivity contribution >= 4 is 21.8 Å². The van der Waals surface area contributed by atoms with Crippen LogP contribution >= 0.6 is 15.9 Å². The molecule has 1 N–H and O–H groups in total. The third-order valence-corrected chi connectivity index (χ3v) is 4.07. The Kier molecular flexibility index (Phi) is 4.07. The highest BCUT2D eigenvalue weighted by Gasteiger charge is 2.26. The molecule has 2 heterocycles. The molecule has 0 atom stereocenters. The van der Waals surface area contributed by atoms with Crippen molar-refractivity contribution in [1.82, 2.24) is 15.4 Å². The Hall–Kier alpha value is -1.66. The quantitative estimate of drug-likeness (QED) is 0.904. The highest BCUT2D eigenvalue weighted by Crippen LogP contribution is 2.28. The number of hydrogen-bond donors (Lipinski definition) is 1. The summed E-state index contributed by atoms with van der Waals surface area (Å²) in [5.74, 6) is 0.554. The fourth-order valence-corrected chi connectivity index (χ4v) is 2.88. The number of carbonyl (C=O) groups excluding carboxylic acids is 1. The van der Waals surface area contributed by atoms with E-state index in [2.05, 4.69) is 26.4 Å². The fraction of sp³-hybridized carbons (Fsp3) is 0.333. The summed E-state index contributed by atoms with van der Waals surface area (Å²) in [5.41, 5.74) is 2.05. The van der Waals surface area contributed by atoms with Crippen molar-refractivity contribution in [3.05, 3.63) is 40.1 Å². The van der Waals surface area contributed by atoms with Crippen molar-refractivity contribution in [3.8, 4) is 11.3 Å². The maximum Gasteiger partial charge on any atom is 0.259 e. The third kappa shape index (κ3) is 2.87. The summed E-state index contributed by atoms with van der Waals surface area (Å²) >= 11 is 3.44. The van der Waals surface area contributed by atoms with Gasteiger partial charge in [0.05, 0.1) is 0 Å². The molecule has 6 heteroatoms. The van der Waals surface area contributed by atoms with Crippen molar-refractivity contribution in [1.29, 1.82) is 0 Å². The monoisotopic (exact) mass is 349 g/mol. The molecule has 1 aliphatic heterocycles. The molecule has 110 valence electrons. The van der Waals surface area contributed by atoms with E-state index in [0.717, 1.165) is 23.1 Å². The zero-order chi connectivity index (χ0) is 14.8. The van der Waals surface area contributed by atoms with Gasteiger partial charge in [0.25, 0.3) is 5.91 Å². The molecule has 1 saturated heterocycles. The molecule has 3 rings (SSSR count). The number of rotatable bonds is 2. The van der Waals surface area contributed by atoms with Gasteiger partial charge < -0.3 is 14.7 Å². The summed E-state index contributed by atoms with van der Waals surface area (Å²) in [5, 5.41) is 7.33. The molecular formula is C15H16BrN3O2. The van der Waals surface area contributed by atoms with Gasteiger partial charge in [-0.05, 0) is 19.1 Å². The summed E-state index contributed by atoms with van der Waals surface area (Å²) in [4.78, 5) is 14.6. The zero-order valence-corrected chi connectivity index (χ0v) is 13.3. The van der Waals surface area contributed by atoms with E-state index >= 15 is 0 Å². The Labute approximate surface area is 131 Å². The lowest BCUT2D eigenvalue weighted by Gasteiger charge is -2.27. The molecule has 1 aromatic heterocycles. The van der Waals surface area contributed by atoms with E-state index < -0.39 is 0 Å². The van der Waals surface area contributed by atoms with Crippen LogP contribution in [0.4, 0.5) is 0 Å². The first-order valence-corrected chi connectivity index (χ1v) is 7.68. The minimum absolute atomic E-state index is 0.00905. The number of piperazine rings is 1. The summed E-state index contributed by atoms with van der Waals surface area (Å²) in [6, 6.07) is 7.72. The number of aryl methyl sites for hydroxylation is 1. The van der Waals surface area contributed by atoms with Gasteiger partial charge in [0.15, 0.2) is 0 Å². The molecule has 1 aliphatic rings. The number of halogens is 1. The highest BCUT2D eigenvalue weighted by atomic mass is 79.9. The number of nitrogens with zero attached hydrogens (tertiary/aromatic N) is 2. The summed E-state index contributed by atoms with van der Waals surface area (Å²) in [6.45, 7) is 4.84. The third-order valence-electron chi connectivity index (χ3n) is 3.58. The van der Waals surface area contributed by atoms with Crippen molar-refractivity contribution in [2.24, 2.45) is 0 Å². The molecule has 2 aromatic rings. The van der Waals surface area contributed by atoms with E-state index in [1.54, 1.807) is 6.92 Å². The van der Waals surface area contributed by atoms with Gasteiger partial charge in [0.2, 0.25) is 0 Å². The minimum atomic E-state index is -0.00905. The van der Waals surface area contributed by atoms with E-state index in [-0.39, 0.29) is 5.91 Å². The number of nitrogens with one attached hydrogen (secondary N) is 1. The Balaban J connectivity index is 1.98. The predicted octanol–water partition coefficient (Wildman–Crippen LogP) is 2.46. The summed E-state index contributed by atoms with van der Waals surface area (Å²) in [7, 11) is 0. The average Bonchev–Trinajstić information content (AvgIpc) is 2.89. The molecule has 0 unspecified atom stereocenters. The number of benzene rings is 1. The largest absolute Gasteiger partial charge is 0.360 e. The molecule has 1 fully saturated rings. The molecular weight excluding hydrogens is 334 g/mol. The van der Waals surface area contributed by atoms with Crippen molar-refractivity contribution in [3.63, 3.8) is 0 Å². The molecule has 1 amide bonds. The van der Waals surface area contributed by atoms with Gasteiger partial charge in [-0.2, -0.15) is 0 Å². The topological polar surface area (TPSA) is 58.4 Å². The van der Waals surface area contributed by atoms with E-state index in [4.69, 9.17) is 4.52 Å². The first-order valence-electron chi connectivity index (χ1n) is 6.89. The predicted molar refractivity (Wildman–Crippen MR) is 83.1 cm³/mol. The maximum absolute atomic E-state index is 12.7. The highest BCUT2D eigenvalue weighted by molar-refractivity contribution is 9.10. The van der Waals surface area contributed by atoms with Gasteiger partial charge in [-0.25, -0.2) is 0 Å². The minimum Gasteiger partial charge on any atom is -0.360 e. The van der Waals surface area contributed by atoms with Crippen LogP contribution in [0.25, 0.3) is 11.3 Å². The van der Waals surface area contributed by atoms with Crippen LogP contribution in [0.2, 0.25) is 0 Å². The molecule has 1 aromatic carbocycles. The standard InChI is InChI=1S/C15H16BrN3O2/c1-10-13(15(20)19-7-5-17-6-8-19)14(18-21-10)11-3-2-4-12(16)9-11/h2-4,9,17H,5-8H2,1H3. The van der Waals surface area contributed by atoms with E-state index in [1.165, 1.54) is 0 Å². The van der Waals surface area contributed by atoms with Crippen molar-refractivity contribution in [2.75, 3.05) is 26.2 Å². The van der Waals surface area contributed by atoms with Crippen LogP contribution in [0, 0.1) is 6.92 Å². The molecule has 0 saturated carbocycles. The van der Waals surface area contributed by atoms with Crippen LogP contribution in [0.5, 0.6) is 0 Å². The van der Waals surface area contributed by atoms with Gasteiger partial charge >= 0.3 is 0 Å². The molecule has 21 heavy (non-hydrogen) atoms. The van der Waals surface area contributed by atoms with E-state index in [1.807, 2.05) is 29.2 Å². The fourth-order valence-electron chi connectivity index (χ4n) is 2.48. The SMILES string of the molecule is Cc1onc(-c2cccc(Br)c2)c1C(=O)N1CCNCC1. The number of aromatic nitrogens is 1. The lowest BCUT2D eigenvalue weighted by atomic mass is 10.0. The van der Waals surface area contributed by atoms with Crippen LogP contribution in [0.3, 0.4) is 0 Å². The first kappa shape index (κ1) is 14.3. The van der Waals surface area contributed by atoms with Crippen LogP contribution in [-0.4, -0.2) is 42.1 Å². The van der Waals surface area contributed by atoms with E-state index in [0.29, 0.717) is 30.1 Å². The Morgan fingerprint density at radius 1 is 1.38 bits per heavy atom. The Morgan fingerprint density at radius 2 is 2.14 bits per heavy atom. The molecule has 0 radical (unpaired) electrons. The normalized spacial score (nSPS) is 15.2. The second kappa shape index (κ2) is 5.99. The van der Waals surface area contributed by atoms with Gasteiger partial charge in [-0.15, -0.1) is 0 Å². The van der Waals surface area contributed by atoms with Gasteiger partial charge in [-0.1, -0.05) is 33.2 Å². The number of carbonyl (C=O) groups is 1. The lowest BCUT2D eigenvalue weighted by Crippen LogP contribution is -2.46.